The monoisotopic (exact) mass is 326 g/mol. The maximum atomic E-state index is 13.0. The SMILES string of the molecule is CCCN(CC1CCCCC1)C(=O)c1cc2ccccc2c(=O)[nH]1. The molecule has 1 aromatic heterocycles. The van der Waals surface area contributed by atoms with Gasteiger partial charge in [0.1, 0.15) is 5.69 Å². The van der Waals surface area contributed by atoms with E-state index in [0.29, 0.717) is 17.0 Å². The van der Waals surface area contributed by atoms with Crippen molar-refractivity contribution in [2.75, 3.05) is 13.1 Å². The number of aromatic amines is 1. The van der Waals surface area contributed by atoms with Gasteiger partial charge >= 0.3 is 0 Å². The molecule has 3 rings (SSSR count). The van der Waals surface area contributed by atoms with E-state index in [1.807, 2.05) is 29.2 Å². The first kappa shape index (κ1) is 16.7. The molecule has 0 atom stereocenters. The van der Waals surface area contributed by atoms with Crippen LogP contribution in [0.2, 0.25) is 0 Å². The van der Waals surface area contributed by atoms with E-state index in [2.05, 4.69) is 11.9 Å². The number of fused-ring (bicyclic) bond motifs is 1. The van der Waals surface area contributed by atoms with Crippen molar-refractivity contribution < 1.29 is 4.79 Å². The second-order valence-corrected chi connectivity index (χ2v) is 6.85. The van der Waals surface area contributed by atoms with Crippen molar-refractivity contribution in [2.24, 2.45) is 5.92 Å². The maximum absolute atomic E-state index is 13.0. The van der Waals surface area contributed by atoms with Gasteiger partial charge in [0.15, 0.2) is 0 Å². The molecule has 128 valence electrons. The molecule has 24 heavy (non-hydrogen) atoms. The van der Waals surface area contributed by atoms with Crippen LogP contribution < -0.4 is 5.56 Å². The van der Waals surface area contributed by atoms with Crippen molar-refractivity contribution in [2.45, 2.75) is 45.4 Å². The number of amides is 1. The summed E-state index contributed by atoms with van der Waals surface area (Å²) in [5, 5.41) is 1.45. The lowest BCUT2D eigenvalue weighted by molar-refractivity contribution is 0.0708. The van der Waals surface area contributed by atoms with E-state index in [4.69, 9.17) is 0 Å². The van der Waals surface area contributed by atoms with Gasteiger partial charge in [-0.15, -0.1) is 0 Å². The van der Waals surface area contributed by atoms with E-state index in [-0.39, 0.29) is 11.5 Å². The molecule has 4 nitrogen and oxygen atoms in total. The highest BCUT2D eigenvalue weighted by molar-refractivity contribution is 5.96. The summed E-state index contributed by atoms with van der Waals surface area (Å²) in [4.78, 5) is 29.9. The van der Waals surface area contributed by atoms with Crippen molar-refractivity contribution in [3.63, 3.8) is 0 Å². The Hall–Kier alpha value is -2.10. The number of nitrogens with zero attached hydrogens (tertiary/aromatic N) is 1. The van der Waals surface area contributed by atoms with Crippen LogP contribution in [-0.4, -0.2) is 28.9 Å². The number of carbonyl (C=O) groups is 1. The summed E-state index contributed by atoms with van der Waals surface area (Å²) in [5.41, 5.74) is 0.216. The van der Waals surface area contributed by atoms with Gasteiger partial charge in [-0.25, -0.2) is 0 Å². The summed E-state index contributed by atoms with van der Waals surface area (Å²) in [6.07, 6.45) is 7.20. The second kappa shape index (κ2) is 7.65. The van der Waals surface area contributed by atoms with Crippen LogP contribution in [0.4, 0.5) is 0 Å². The Morgan fingerprint density at radius 1 is 1.21 bits per heavy atom. The van der Waals surface area contributed by atoms with Gasteiger partial charge in [0.25, 0.3) is 11.5 Å². The third-order valence-corrected chi connectivity index (χ3v) is 4.97. The fourth-order valence-electron chi connectivity index (χ4n) is 3.72. The topological polar surface area (TPSA) is 53.2 Å². The van der Waals surface area contributed by atoms with Crippen molar-refractivity contribution in [1.29, 1.82) is 0 Å². The number of H-pyrrole nitrogens is 1. The van der Waals surface area contributed by atoms with E-state index in [9.17, 15) is 9.59 Å². The van der Waals surface area contributed by atoms with Gasteiger partial charge in [-0.1, -0.05) is 44.4 Å². The lowest BCUT2D eigenvalue weighted by Crippen LogP contribution is -2.37. The van der Waals surface area contributed by atoms with Crippen LogP contribution in [0.3, 0.4) is 0 Å². The third-order valence-electron chi connectivity index (χ3n) is 4.97. The molecular weight excluding hydrogens is 300 g/mol. The van der Waals surface area contributed by atoms with Crippen molar-refractivity contribution in [3.8, 4) is 0 Å². The van der Waals surface area contributed by atoms with E-state index >= 15 is 0 Å². The van der Waals surface area contributed by atoms with Gasteiger partial charge in [-0.05, 0) is 42.7 Å². The Morgan fingerprint density at radius 3 is 2.71 bits per heavy atom. The molecule has 1 N–H and O–H groups in total. The number of benzene rings is 1. The molecule has 0 unspecified atom stereocenters. The molecule has 1 heterocycles. The van der Waals surface area contributed by atoms with Gasteiger partial charge in [-0.2, -0.15) is 0 Å². The van der Waals surface area contributed by atoms with Crippen molar-refractivity contribution in [3.05, 3.63) is 46.4 Å². The molecule has 2 aromatic rings. The quantitative estimate of drug-likeness (QED) is 0.904. The van der Waals surface area contributed by atoms with E-state index in [0.717, 1.165) is 24.9 Å². The second-order valence-electron chi connectivity index (χ2n) is 6.85. The molecule has 0 spiro atoms. The fraction of sp³-hybridized carbons (Fsp3) is 0.500. The van der Waals surface area contributed by atoms with E-state index < -0.39 is 0 Å². The molecule has 1 saturated carbocycles. The minimum atomic E-state index is -0.189. The Balaban J connectivity index is 1.85. The summed E-state index contributed by atoms with van der Waals surface area (Å²) in [7, 11) is 0. The molecular formula is C20H26N2O2. The van der Waals surface area contributed by atoms with Crippen LogP contribution in [0.5, 0.6) is 0 Å². The lowest BCUT2D eigenvalue weighted by Gasteiger charge is -2.29. The zero-order valence-electron chi connectivity index (χ0n) is 14.4. The smallest absolute Gasteiger partial charge is 0.270 e. The minimum Gasteiger partial charge on any atom is -0.337 e. The molecule has 4 heteroatoms. The molecule has 1 aromatic carbocycles. The first-order valence-electron chi connectivity index (χ1n) is 9.10. The number of hydrogen-bond donors (Lipinski definition) is 1. The average molecular weight is 326 g/mol. The highest BCUT2D eigenvalue weighted by Crippen LogP contribution is 2.25. The molecule has 0 aliphatic heterocycles. The maximum Gasteiger partial charge on any atom is 0.270 e. The Morgan fingerprint density at radius 2 is 1.96 bits per heavy atom. The normalized spacial score (nSPS) is 15.5. The predicted octanol–water partition coefficient (Wildman–Crippen LogP) is 3.96. The van der Waals surface area contributed by atoms with Crippen molar-refractivity contribution in [1.82, 2.24) is 9.88 Å². The first-order chi connectivity index (χ1) is 11.7. The highest BCUT2D eigenvalue weighted by atomic mass is 16.2. The van der Waals surface area contributed by atoms with Gasteiger partial charge in [0, 0.05) is 18.5 Å². The molecule has 0 bridgehead atoms. The number of nitrogens with one attached hydrogen (secondary N) is 1. The summed E-state index contributed by atoms with van der Waals surface area (Å²) < 4.78 is 0. The predicted molar refractivity (Wildman–Crippen MR) is 97.3 cm³/mol. The van der Waals surface area contributed by atoms with Gasteiger partial charge < -0.3 is 9.88 Å². The number of aromatic nitrogens is 1. The number of pyridine rings is 1. The van der Waals surface area contributed by atoms with Crippen LogP contribution >= 0.6 is 0 Å². The Bertz CT molecular complexity index is 760. The van der Waals surface area contributed by atoms with Crippen molar-refractivity contribution >= 4 is 16.7 Å². The Labute approximate surface area is 142 Å². The zero-order valence-corrected chi connectivity index (χ0v) is 14.4. The van der Waals surface area contributed by atoms with Gasteiger partial charge in [0.05, 0.1) is 0 Å². The molecule has 1 fully saturated rings. The zero-order chi connectivity index (χ0) is 16.9. The van der Waals surface area contributed by atoms with Crippen LogP contribution in [-0.2, 0) is 0 Å². The minimum absolute atomic E-state index is 0.0507. The average Bonchev–Trinajstić information content (AvgIpc) is 2.61. The summed E-state index contributed by atoms with van der Waals surface area (Å²) >= 11 is 0. The molecule has 1 aliphatic rings. The number of carbonyl (C=O) groups excluding carboxylic acids is 1. The standard InChI is InChI=1S/C20H26N2O2/c1-2-12-22(14-15-8-4-3-5-9-15)20(24)18-13-16-10-6-7-11-17(16)19(23)21-18/h6-7,10-11,13,15H,2-5,8-9,12,14H2,1H3,(H,21,23). The summed E-state index contributed by atoms with van der Waals surface area (Å²) in [6.45, 7) is 3.63. The number of rotatable bonds is 5. The van der Waals surface area contributed by atoms with Crippen LogP contribution in [0, 0.1) is 5.92 Å². The fourth-order valence-corrected chi connectivity index (χ4v) is 3.72. The highest BCUT2D eigenvalue weighted by Gasteiger charge is 2.22. The van der Waals surface area contributed by atoms with E-state index in [1.54, 1.807) is 6.07 Å². The van der Waals surface area contributed by atoms with Crippen LogP contribution in [0.1, 0.15) is 55.9 Å². The van der Waals surface area contributed by atoms with E-state index in [1.165, 1.54) is 32.1 Å². The molecule has 1 aliphatic carbocycles. The molecule has 0 radical (unpaired) electrons. The van der Waals surface area contributed by atoms with Crippen LogP contribution in [0.25, 0.3) is 10.8 Å². The molecule has 1 amide bonds. The first-order valence-corrected chi connectivity index (χ1v) is 9.10. The molecule has 0 saturated heterocycles. The lowest BCUT2D eigenvalue weighted by atomic mass is 9.89. The third kappa shape index (κ3) is 3.69. The van der Waals surface area contributed by atoms with Gasteiger partial charge in [0.2, 0.25) is 0 Å². The summed E-state index contributed by atoms with van der Waals surface area (Å²) in [5.74, 6) is 0.548. The number of hydrogen-bond acceptors (Lipinski definition) is 2. The largest absolute Gasteiger partial charge is 0.337 e. The summed E-state index contributed by atoms with van der Waals surface area (Å²) in [6, 6.07) is 9.21. The van der Waals surface area contributed by atoms with Gasteiger partial charge in [-0.3, -0.25) is 9.59 Å². The van der Waals surface area contributed by atoms with Crippen LogP contribution in [0.15, 0.2) is 35.1 Å². The Kier molecular flexibility index (Phi) is 5.34.